The Kier molecular flexibility index (Phi) is 23.1. The van der Waals surface area contributed by atoms with Crippen LogP contribution < -0.4 is 9.47 Å². The molecule has 0 aliphatic rings. The minimum absolute atomic E-state index is 0.854. The molecular formula is C30H42F6I2O2. The molecule has 0 unspecified atom stereocenters. The number of unbranched alkanes of at least 4 members (excludes halogenated alkanes) is 10. The molecule has 0 spiro atoms. The summed E-state index contributed by atoms with van der Waals surface area (Å²) in [6, 6.07) is 16.5. The van der Waals surface area contributed by atoms with Gasteiger partial charge < -0.3 is 9.47 Å². The fourth-order valence-electron chi connectivity index (χ4n) is 3.21. The number of halogens is 8. The summed E-state index contributed by atoms with van der Waals surface area (Å²) >= 11 is 4.61. The van der Waals surface area contributed by atoms with Crippen molar-refractivity contribution in [2.45, 2.75) is 103 Å². The van der Waals surface area contributed by atoms with E-state index in [1.807, 2.05) is 24.3 Å². The largest absolute Gasteiger partial charge is 0.494 e. The van der Waals surface area contributed by atoms with Crippen LogP contribution in [0.15, 0.2) is 48.5 Å². The van der Waals surface area contributed by atoms with Crippen LogP contribution in [-0.4, -0.2) is 25.6 Å². The van der Waals surface area contributed by atoms with Gasteiger partial charge in [0, 0.05) is 7.14 Å². The van der Waals surface area contributed by atoms with Crippen molar-refractivity contribution < 1.29 is 35.8 Å². The van der Waals surface area contributed by atoms with E-state index in [1.54, 1.807) is 0 Å². The second-order valence-corrected chi connectivity index (χ2v) is 11.6. The molecule has 0 saturated carbocycles. The first-order chi connectivity index (χ1) is 18.9. The molecule has 0 aliphatic heterocycles. The highest BCUT2D eigenvalue weighted by Crippen LogP contribution is 2.35. The summed E-state index contributed by atoms with van der Waals surface area (Å²) in [7, 11) is 0. The fraction of sp³-hybridized carbons (Fsp3) is 0.600. The lowest BCUT2D eigenvalue weighted by molar-refractivity contribution is -0.339. The molecule has 0 amide bonds. The molecule has 2 aromatic rings. The molecule has 0 saturated heterocycles. The van der Waals surface area contributed by atoms with Crippen LogP contribution in [0.1, 0.15) is 90.9 Å². The molecule has 0 N–H and O–H groups in total. The summed E-state index contributed by atoms with van der Waals surface area (Å²) in [4.78, 5) is 0. The van der Waals surface area contributed by atoms with Crippen LogP contribution in [0.2, 0.25) is 0 Å². The molecule has 2 aromatic carbocycles. The highest BCUT2D eigenvalue weighted by molar-refractivity contribution is 14.1. The van der Waals surface area contributed by atoms with Gasteiger partial charge in [0.25, 0.3) is 0 Å². The predicted octanol–water partition coefficient (Wildman–Crippen LogP) is 12.2. The van der Waals surface area contributed by atoms with Gasteiger partial charge in [-0.15, -0.1) is 0 Å². The monoisotopic (exact) mass is 802 g/mol. The average molecular weight is 802 g/mol. The summed E-state index contributed by atoms with van der Waals surface area (Å²) < 4.78 is 76.5. The summed E-state index contributed by atoms with van der Waals surface area (Å²) in [5, 5.41) is 0. The van der Waals surface area contributed by atoms with E-state index in [9.17, 15) is 26.3 Å². The third-order valence-corrected chi connectivity index (χ3v) is 6.92. The molecule has 0 heterocycles. The van der Waals surface area contributed by atoms with Crippen molar-refractivity contribution in [1.82, 2.24) is 0 Å². The highest BCUT2D eigenvalue weighted by atomic mass is 127. The van der Waals surface area contributed by atoms with Crippen molar-refractivity contribution in [3.05, 3.63) is 55.7 Å². The Morgan fingerprint density at radius 1 is 0.475 bits per heavy atom. The summed E-state index contributed by atoms with van der Waals surface area (Å²) in [6.07, 6.45) is 3.65. The van der Waals surface area contributed by atoms with E-state index in [-0.39, 0.29) is 0 Å². The van der Waals surface area contributed by atoms with Crippen LogP contribution in [0, 0.1) is 7.14 Å². The van der Waals surface area contributed by atoms with Crippen LogP contribution in [0.3, 0.4) is 0 Å². The lowest BCUT2D eigenvalue weighted by Crippen LogP contribution is -2.30. The van der Waals surface area contributed by atoms with Crippen molar-refractivity contribution in [1.29, 1.82) is 0 Å². The van der Waals surface area contributed by atoms with Crippen molar-refractivity contribution in [2.75, 3.05) is 13.2 Å². The maximum atomic E-state index is 10.4. The third kappa shape index (κ3) is 22.7. The van der Waals surface area contributed by atoms with E-state index >= 15 is 0 Å². The topological polar surface area (TPSA) is 18.5 Å². The Morgan fingerprint density at radius 2 is 0.750 bits per heavy atom. The third-order valence-electron chi connectivity index (χ3n) is 5.48. The zero-order valence-electron chi connectivity index (χ0n) is 23.4. The first-order valence-corrected chi connectivity index (χ1v) is 16.0. The van der Waals surface area contributed by atoms with Gasteiger partial charge in [0.2, 0.25) is 0 Å². The van der Waals surface area contributed by atoms with Gasteiger partial charge in [-0.2, -0.15) is 26.3 Å². The molecule has 10 heteroatoms. The standard InChI is InChI=1S/2C14H21IO.C2F6/c2*1-2-3-4-5-6-7-12-16-14-10-8-13(15)9-11-14;3-1(4,5)2(6,7)8/h2*8-11H,2-7,12H2,1H3;. The molecule has 0 bridgehead atoms. The first-order valence-electron chi connectivity index (χ1n) is 13.8. The van der Waals surface area contributed by atoms with Gasteiger partial charge >= 0.3 is 12.4 Å². The van der Waals surface area contributed by atoms with E-state index < -0.39 is 12.4 Å². The van der Waals surface area contributed by atoms with Gasteiger partial charge in [-0.3, -0.25) is 0 Å². The Balaban J connectivity index is 0.000000605. The Bertz CT molecular complexity index is 770. The second-order valence-electron chi connectivity index (χ2n) is 9.14. The summed E-state index contributed by atoms with van der Waals surface area (Å²) in [5.41, 5.74) is 0. The summed E-state index contributed by atoms with van der Waals surface area (Å²) in [5.74, 6) is 1.99. The van der Waals surface area contributed by atoms with Gasteiger partial charge in [-0.05, 0) is 107 Å². The lowest BCUT2D eigenvalue weighted by Gasteiger charge is -2.08. The zero-order valence-corrected chi connectivity index (χ0v) is 27.7. The smallest absolute Gasteiger partial charge is 0.487 e. The van der Waals surface area contributed by atoms with Gasteiger partial charge in [0.1, 0.15) is 11.5 Å². The van der Waals surface area contributed by atoms with Crippen LogP contribution in [-0.2, 0) is 0 Å². The van der Waals surface area contributed by atoms with Crippen LogP contribution in [0.4, 0.5) is 26.3 Å². The molecule has 230 valence electrons. The number of rotatable bonds is 16. The minimum atomic E-state index is -6.06. The zero-order chi connectivity index (χ0) is 30.3. The quantitative estimate of drug-likeness (QED) is 0.0956. The van der Waals surface area contributed by atoms with Crippen molar-refractivity contribution in [3.8, 4) is 11.5 Å². The van der Waals surface area contributed by atoms with Crippen molar-refractivity contribution in [2.24, 2.45) is 0 Å². The SMILES string of the molecule is CCCCCCCCOc1ccc(I)cc1.CCCCCCCCOc1ccc(I)cc1.FC(F)(F)C(F)(F)F. The number of ether oxygens (including phenoxy) is 2. The molecule has 0 aromatic heterocycles. The highest BCUT2D eigenvalue weighted by Gasteiger charge is 2.58. The van der Waals surface area contributed by atoms with Gasteiger partial charge in [-0.1, -0.05) is 78.1 Å². The number of hydrogen-bond donors (Lipinski definition) is 0. The molecule has 0 fully saturated rings. The molecule has 0 aliphatic carbocycles. The van der Waals surface area contributed by atoms with E-state index in [2.05, 4.69) is 83.3 Å². The Labute approximate surface area is 263 Å². The molecule has 40 heavy (non-hydrogen) atoms. The van der Waals surface area contributed by atoms with Crippen LogP contribution in [0.5, 0.6) is 11.5 Å². The molecular weight excluding hydrogens is 760 g/mol. The van der Waals surface area contributed by atoms with E-state index in [0.29, 0.717) is 0 Å². The average Bonchev–Trinajstić information content (AvgIpc) is 2.89. The van der Waals surface area contributed by atoms with Crippen LogP contribution in [0.25, 0.3) is 0 Å². The van der Waals surface area contributed by atoms with Crippen LogP contribution >= 0.6 is 45.2 Å². The normalized spacial score (nSPS) is 11.2. The maximum Gasteiger partial charge on any atom is 0.487 e. The minimum Gasteiger partial charge on any atom is -0.494 e. The molecule has 0 atom stereocenters. The number of hydrogen-bond acceptors (Lipinski definition) is 2. The molecule has 2 rings (SSSR count). The van der Waals surface area contributed by atoms with Crippen molar-refractivity contribution in [3.63, 3.8) is 0 Å². The van der Waals surface area contributed by atoms with Gasteiger partial charge in [-0.25, -0.2) is 0 Å². The fourth-order valence-corrected chi connectivity index (χ4v) is 3.93. The second kappa shape index (κ2) is 23.6. The van der Waals surface area contributed by atoms with Gasteiger partial charge in [0.15, 0.2) is 0 Å². The Hall–Kier alpha value is -0.920. The van der Waals surface area contributed by atoms with Crippen molar-refractivity contribution >= 4 is 45.2 Å². The summed E-state index contributed by atoms with van der Waals surface area (Å²) in [6.45, 7) is 6.21. The Morgan fingerprint density at radius 3 is 1.02 bits per heavy atom. The molecule has 2 nitrogen and oxygen atoms in total. The predicted molar refractivity (Wildman–Crippen MR) is 168 cm³/mol. The lowest BCUT2D eigenvalue weighted by atomic mass is 10.1. The van der Waals surface area contributed by atoms with E-state index in [4.69, 9.17) is 9.47 Å². The van der Waals surface area contributed by atoms with E-state index in [1.165, 1.54) is 84.2 Å². The van der Waals surface area contributed by atoms with E-state index in [0.717, 1.165) is 24.7 Å². The maximum absolute atomic E-state index is 10.4. The number of benzene rings is 2. The first kappa shape index (κ1) is 39.1. The number of alkyl halides is 6. The molecule has 0 radical (unpaired) electrons. The van der Waals surface area contributed by atoms with Gasteiger partial charge in [0.05, 0.1) is 13.2 Å².